The van der Waals surface area contributed by atoms with Crippen LogP contribution in [-0.4, -0.2) is 23.2 Å². The lowest BCUT2D eigenvalue weighted by Gasteiger charge is -2.05. The Morgan fingerprint density at radius 3 is 2.44 bits per heavy atom. The molecule has 128 valence electrons. The highest BCUT2D eigenvalue weighted by molar-refractivity contribution is 7.21. The molecule has 1 amide bonds. The van der Waals surface area contributed by atoms with Crippen LogP contribution in [-0.2, 0) is 11.2 Å². The third-order valence-electron chi connectivity index (χ3n) is 3.41. The Kier molecular flexibility index (Phi) is 5.59. The molecule has 0 fully saturated rings. The van der Waals surface area contributed by atoms with Crippen LogP contribution in [0.25, 0.3) is 10.1 Å². The summed E-state index contributed by atoms with van der Waals surface area (Å²) in [5, 5.41) is 4.27. The third kappa shape index (κ3) is 4.30. The second-order valence-electron chi connectivity index (χ2n) is 5.26. The maximum Gasteiger partial charge on any atom is 0.263 e. The van der Waals surface area contributed by atoms with E-state index in [-0.39, 0.29) is 35.0 Å². The number of fused-ring (bicyclic) bond motifs is 1. The predicted octanol–water partition coefficient (Wildman–Crippen LogP) is 4.80. The average molecular weight is 414 g/mol. The molecule has 0 aliphatic carbocycles. The molecule has 3 rings (SSSR count). The number of nitrogens with zero attached hydrogens (tertiary/aromatic N) is 1. The molecule has 3 aromatic rings. The zero-order chi connectivity index (χ0) is 18.0. The summed E-state index contributed by atoms with van der Waals surface area (Å²) in [5.41, 5.74) is 0.643. The Balaban J connectivity index is 1.65. The van der Waals surface area contributed by atoms with Crippen LogP contribution in [0.15, 0.2) is 36.4 Å². The second-order valence-corrected chi connectivity index (χ2v) is 7.46. The van der Waals surface area contributed by atoms with Crippen molar-refractivity contribution in [2.75, 3.05) is 6.54 Å². The number of ketones is 1. The van der Waals surface area contributed by atoms with Crippen molar-refractivity contribution in [3.05, 3.63) is 62.2 Å². The van der Waals surface area contributed by atoms with Crippen LogP contribution in [0, 0.1) is 0 Å². The number of hydrogen-bond acceptors (Lipinski definition) is 4. The third-order valence-corrected chi connectivity index (χ3v) is 5.47. The lowest BCUT2D eigenvalue weighted by molar-refractivity contribution is -0.117. The van der Waals surface area contributed by atoms with Gasteiger partial charge in [-0.2, -0.15) is 0 Å². The number of amides is 1. The number of halogens is 3. The van der Waals surface area contributed by atoms with Crippen molar-refractivity contribution in [2.45, 2.75) is 6.42 Å². The highest BCUT2D eigenvalue weighted by atomic mass is 35.5. The molecule has 2 aromatic heterocycles. The standard InChI is InChI=1S/C17H11Cl3N2O2S/c18-13-6-9(7-14(19)22-13)5-10(23)8-21-17(24)16-15(20)11-3-1-2-4-12(11)25-16/h1-4,6-7H,5,8H2,(H,21,24). The van der Waals surface area contributed by atoms with E-state index in [1.54, 1.807) is 12.1 Å². The van der Waals surface area contributed by atoms with Crippen molar-refractivity contribution in [1.82, 2.24) is 10.3 Å². The SMILES string of the molecule is O=C(CNC(=O)c1sc2ccccc2c1Cl)Cc1cc(Cl)nc(Cl)c1. The largest absolute Gasteiger partial charge is 0.344 e. The molecule has 0 unspecified atom stereocenters. The molecule has 0 spiro atoms. The monoisotopic (exact) mass is 412 g/mol. The first-order chi connectivity index (χ1) is 11.9. The van der Waals surface area contributed by atoms with E-state index >= 15 is 0 Å². The smallest absolute Gasteiger partial charge is 0.263 e. The molecule has 0 radical (unpaired) electrons. The quantitative estimate of drug-likeness (QED) is 0.611. The number of nitrogens with one attached hydrogen (secondary N) is 1. The number of hydrogen-bond donors (Lipinski definition) is 1. The van der Waals surface area contributed by atoms with Crippen LogP contribution < -0.4 is 5.32 Å². The number of thiophene rings is 1. The Morgan fingerprint density at radius 1 is 1.08 bits per heavy atom. The Morgan fingerprint density at radius 2 is 1.76 bits per heavy atom. The molecule has 8 heteroatoms. The average Bonchev–Trinajstić information content (AvgIpc) is 2.89. The topological polar surface area (TPSA) is 59.1 Å². The lowest BCUT2D eigenvalue weighted by Crippen LogP contribution is -2.30. The van der Waals surface area contributed by atoms with E-state index in [0.29, 0.717) is 15.5 Å². The highest BCUT2D eigenvalue weighted by Crippen LogP contribution is 2.34. The Hall–Kier alpha value is -1.66. The summed E-state index contributed by atoms with van der Waals surface area (Å²) in [6, 6.07) is 10.6. The molecule has 2 heterocycles. The van der Waals surface area contributed by atoms with Crippen molar-refractivity contribution in [3.63, 3.8) is 0 Å². The van der Waals surface area contributed by atoms with Crippen molar-refractivity contribution >= 4 is 67.9 Å². The fourth-order valence-corrected chi connectivity index (χ4v) is 4.26. The number of carbonyl (C=O) groups excluding carboxylic acids is 2. The number of benzene rings is 1. The van der Waals surface area contributed by atoms with Gasteiger partial charge in [-0.25, -0.2) is 4.98 Å². The Bertz CT molecular complexity index is 951. The summed E-state index contributed by atoms with van der Waals surface area (Å²) >= 11 is 19.2. The summed E-state index contributed by atoms with van der Waals surface area (Å²) in [5.74, 6) is -0.547. The molecule has 1 aromatic carbocycles. The predicted molar refractivity (Wildman–Crippen MR) is 102 cm³/mol. The van der Waals surface area contributed by atoms with E-state index in [4.69, 9.17) is 34.8 Å². The van der Waals surface area contributed by atoms with Gasteiger partial charge in [-0.15, -0.1) is 11.3 Å². The molecule has 0 atom stereocenters. The molecular formula is C17H11Cl3N2O2S. The minimum absolute atomic E-state index is 0.0996. The maximum atomic E-state index is 12.3. The van der Waals surface area contributed by atoms with Crippen LogP contribution in [0.3, 0.4) is 0 Å². The van der Waals surface area contributed by atoms with E-state index in [9.17, 15) is 9.59 Å². The van der Waals surface area contributed by atoms with Gasteiger partial charge >= 0.3 is 0 Å². The fraction of sp³-hybridized carbons (Fsp3) is 0.118. The number of rotatable bonds is 5. The number of pyridine rings is 1. The first-order valence-electron chi connectivity index (χ1n) is 7.23. The van der Waals surface area contributed by atoms with Gasteiger partial charge in [-0.3, -0.25) is 9.59 Å². The molecule has 4 nitrogen and oxygen atoms in total. The van der Waals surface area contributed by atoms with E-state index in [1.165, 1.54) is 11.3 Å². The molecule has 0 aliphatic rings. The van der Waals surface area contributed by atoms with Crippen LogP contribution in [0.1, 0.15) is 15.2 Å². The van der Waals surface area contributed by atoms with E-state index in [2.05, 4.69) is 10.3 Å². The summed E-state index contributed by atoms with van der Waals surface area (Å²) in [7, 11) is 0. The van der Waals surface area contributed by atoms with E-state index in [1.807, 2.05) is 24.3 Å². The Labute approximate surface area is 162 Å². The van der Waals surface area contributed by atoms with Gasteiger partial charge < -0.3 is 5.32 Å². The molecule has 0 bridgehead atoms. The fourth-order valence-electron chi connectivity index (χ4n) is 2.33. The summed E-state index contributed by atoms with van der Waals surface area (Å²) in [4.78, 5) is 28.6. The van der Waals surface area contributed by atoms with Crippen LogP contribution >= 0.6 is 46.1 Å². The molecule has 0 saturated heterocycles. The van der Waals surface area contributed by atoms with E-state index < -0.39 is 0 Å². The molecule has 0 aliphatic heterocycles. The number of aromatic nitrogens is 1. The van der Waals surface area contributed by atoms with Gasteiger partial charge in [-0.1, -0.05) is 53.0 Å². The lowest BCUT2D eigenvalue weighted by atomic mass is 10.1. The van der Waals surface area contributed by atoms with Crippen molar-refractivity contribution in [3.8, 4) is 0 Å². The van der Waals surface area contributed by atoms with Crippen molar-refractivity contribution in [1.29, 1.82) is 0 Å². The van der Waals surface area contributed by atoms with Crippen LogP contribution in [0.2, 0.25) is 15.3 Å². The number of Topliss-reactive ketones (excluding diaryl/α,β-unsaturated/α-hetero) is 1. The summed E-state index contributed by atoms with van der Waals surface area (Å²) in [6.07, 6.45) is 0.0996. The van der Waals surface area contributed by atoms with Gasteiger partial charge in [0.1, 0.15) is 15.2 Å². The van der Waals surface area contributed by atoms with Crippen molar-refractivity contribution in [2.24, 2.45) is 0 Å². The molecule has 25 heavy (non-hydrogen) atoms. The molecule has 0 saturated carbocycles. The normalized spacial score (nSPS) is 10.8. The zero-order valence-electron chi connectivity index (χ0n) is 12.7. The van der Waals surface area contributed by atoms with E-state index in [0.717, 1.165) is 10.1 Å². The van der Waals surface area contributed by atoms with Gasteiger partial charge in [0.2, 0.25) is 0 Å². The minimum Gasteiger partial charge on any atom is -0.344 e. The molecular weight excluding hydrogens is 403 g/mol. The van der Waals surface area contributed by atoms with Crippen LogP contribution in [0.4, 0.5) is 0 Å². The second kappa shape index (κ2) is 7.70. The van der Waals surface area contributed by atoms with Gasteiger partial charge in [0.15, 0.2) is 5.78 Å². The first-order valence-corrected chi connectivity index (χ1v) is 9.18. The molecule has 1 N–H and O–H groups in total. The van der Waals surface area contributed by atoms with Crippen molar-refractivity contribution < 1.29 is 9.59 Å². The summed E-state index contributed by atoms with van der Waals surface area (Å²) in [6.45, 7) is -0.110. The highest BCUT2D eigenvalue weighted by Gasteiger charge is 2.17. The van der Waals surface area contributed by atoms with Gasteiger partial charge in [0.25, 0.3) is 5.91 Å². The van der Waals surface area contributed by atoms with Gasteiger partial charge in [0.05, 0.1) is 11.6 Å². The van der Waals surface area contributed by atoms with Crippen LogP contribution in [0.5, 0.6) is 0 Å². The van der Waals surface area contributed by atoms with Gasteiger partial charge in [0, 0.05) is 16.5 Å². The maximum absolute atomic E-state index is 12.3. The minimum atomic E-state index is -0.370. The number of carbonyl (C=O) groups is 2. The first kappa shape index (κ1) is 18.1. The zero-order valence-corrected chi connectivity index (χ0v) is 15.8. The van der Waals surface area contributed by atoms with Gasteiger partial charge in [-0.05, 0) is 23.8 Å². The summed E-state index contributed by atoms with van der Waals surface area (Å²) < 4.78 is 0.921.